The van der Waals surface area contributed by atoms with Crippen LogP contribution in [0.5, 0.6) is 0 Å². The summed E-state index contributed by atoms with van der Waals surface area (Å²) < 4.78 is 0.642. The molecule has 0 unspecified atom stereocenters. The lowest BCUT2D eigenvalue weighted by Gasteiger charge is -2.15. The molecule has 0 saturated carbocycles. The van der Waals surface area contributed by atoms with Crippen LogP contribution in [0.2, 0.25) is 0 Å². The quantitative estimate of drug-likeness (QED) is 0.133. The fourth-order valence-electron chi connectivity index (χ4n) is 1.56. The number of benzene rings is 1. The average molecular weight is 679 g/mol. The number of carbonyl (C=O) groups is 3. The van der Waals surface area contributed by atoms with E-state index < -0.39 is 17.7 Å². The van der Waals surface area contributed by atoms with E-state index in [-0.39, 0.29) is 46.4 Å². The third kappa shape index (κ3) is 4.87. The summed E-state index contributed by atoms with van der Waals surface area (Å²) in [4.78, 5) is 40.5. The fraction of sp³-hybridized carbons (Fsp3) is 0.250. The van der Waals surface area contributed by atoms with E-state index in [4.69, 9.17) is 21.5 Å². The van der Waals surface area contributed by atoms with Gasteiger partial charge in [0, 0.05) is 16.3 Å². The molecule has 126 valence electrons. The van der Waals surface area contributed by atoms with Gasteiger partial charge in [0.15, 0.2) is 5.78 Å². The number of aliphatic hydroxyl groups excluding tert-OH is 1. The highest BCUT2D eigenvalue weighted by molar-refractivity contribution is 14.1. The fourth-order valence-corrected chi connectivity index (χ4v) is 6.36. The van der Waals surface area contributed by atoms with E-state index in [0.29, 0.717) is 0 Å². The summed E-state index contributed by atoms with van der Waals surface area (Å²) in [5, 5.41) is 18.0. The van der Waals surface area contributed by atoms with Crippen LogP contribution < -0.4 is 5.48 Å². The first kappa shape index (κ1) is 21.3. The molecule has 0 aromatic heterocycles. The van der Waals surface area contributed by atoms with E-state index in [0.717, 1.165) is 0 Å². The SMILES string of the molecule is O=C(O)c1c(I)c(C(=O)CCl)c(I)c(C(=O)ONCCO)c1I. The number of aromatic carboxylic acids is 1. The predicted molar refractivity (Wildman–Crippen MR) is 107 cm³/mol. The summed E-state index contributed by atoms with van der Waals surface area (Å²) in [5.41, 5.74) is 2.13. The maximum absolute atomic E-state index is 12.2. The van der Waals surface area contributed by atoms with Crippen molar-refractivity contribution in [2.45, 2.75) is 0 Å². The van der Waals surface area contributed by atoms with Crippen LogP contribution in [0, 0.1) is 10.7 Å². The maximum atomic E-state index is 12.2. The highest BCUT2D eigenvalue weighted by Crippen LogP contribution is 2.33. The molecule has 0 fully saturated rings. The first-order valence-corrected chi connectivity index (χ1v) is 9.62. The molecule has 1 rings (SSSR count). The first-order chi connectivity index (χ1) is 10.8. The molecule has 0 spiro atoms. The first-order valence-electron chi connectivity index (χ1n) is 5.85. The zero-order valence-corrected chi connectivity index (χ0v) is 18.4. The average Bonchev–Trinajstić information content (AvgIpc) is 2.46. The second-order valence-electron chi connectivity index (χ2n) is 3.94. The third-order valence-electron chi connectivity index (χ3n) is 2.51. The predicted octanol–water partition coefficient (Wildman–Crippen LogP) is 2.27. The van der Waals surface area contributed by atoms with Gasteiger partial charge in [-0.2, -0.15) is 5.48 Å². The number of carbonyl (C=O) groups excluding carboxylic acids is 2. The van der Waals surface area contributed by atoms with E-state index in [1.165, 1.54) is 0 Å². The van der Waals surface area contributed by atoms with Crippen LogP contribution in [0.15, 0.2) is 0 Å². The van der Waals surface area contributed by atoms with Crippen molar-refractivity contribution in [3.05, 3.63) is 27.4 Å². The standard InChI is InChI=1S/C12H9ClI3NO6/c13-3-4(19)5-8(14)6(11(20)21)10(16)7(9(5)15)12(22)23-17-1-2-18/h17-18H,1-3H2,(H,20,21). The highest BCUT2D eigenvalue weighted by Gasteiger charge is 2.30. The number of alkyl halides is 1. The van der Waals surface area contributed by atoms with Gasteiger partial charge in [0.25, 0.3) is 0 Å². The summed E-state index contributed by atoms with van der Waals surface area (Å²) in [6.07, 6.45) is 0. The molecule has 0 atom stereocenters. The molecule has 23 heavy (non-hydrogen) atoms. The summed E-state index contributed by atoms with van der Waals surface area (Å²) in [6, 6.07) is 0. The highest BCUT2D eigenvalue weighted by atomic mass is 127. The van der Waals surface area contributed by atoms with Crippen molar-refractivity contribution >= 4 is 97.1 Å². The van der Waals surface area contributed by atoms with Crippen LogP contribution in [0.25, 0.3) is 0 Å². The Morgan fingerprint density at radius 1 is 1.04 bits per heavy atom. The molecule has 1 aromatic rings. The van der Waals surface area contributed by atoms with Gasteiger partial charge in [-0.05, 0) is 67.8 Å². The van der Waals surface area contributed by atoms with Crippen molar-refractivity contribution < 1.29 is 29.4 Å². The Hall–Kier alpha value is 0.230. The zero-order chi connectivity index (χ0) is 17.7. The summed E-state index contributed by atoms with van der Waals surface area (Å²) in [6.45, 7) is -0.229. The summed E-state index contributed by atoms with van der Waals surface area (Å²) >= 11 is 10.8. The number of rotatable bonds is 7. The van der Waals surface area contributed by atoms with Crippen LogP contribution >= 0.6 is 79.4 Å². The molecule has 0 aliphatic rings. The molecule has 3 N–H and O–H groups in total. The van der Waals surface area contributed by atoms with Crippen molar-refractivity contribution in [2.24, 2.45) is 0 Å². The number of carboxylic acid groups (broad SMARTS) is 1. The van der Waals surface area contributed by atoms with Gasteiger partial charge in [0.1, 0.15) is 0 Å². The third-order valence-corrected chi connectivity index (χ3v) is 5.99. The van der Waals surface area contributed by atoms with Crippen LogP contribution in [-0.2, 0) is 4.84 Å². The van der Waals surface area contributed by atoms with Crippen LogP contribution in [0.3, 0.4) is 0 Å². The van der Waals surface area contributed by atoms with E-state index >= 15 is 0 Å². The van der Waals surface area contributed by atoms with E-state index in [1.54, 1.807) is 67.8 Å². The second-order valence-corrected chi connectivity index (χ2v) is 7.44. The topological polar surface area (TPSA) is 113 Å². The van der Waals surface area contributed by atoms with Gasteiger partial charge in [-0.1, -0.05) is 0 Å². The molecule has 0 radical (unpaired) electrons. The molecule has 0 heterocycles. The number of Topliss-reactive ketones (excluding diaryl/α,β-unsaturated/α-hetero) is 1. The Morgan fingerprint density at radius 2 is 1.57 bits per heavy atom. The lowest BCUT2D eigenvalue weighted by atomic mass is 10.0. The van der Waals surface area contributed by atoms with Crippen molar-refractivity contribution in [3.63, 3.8) is 0 Å². The van der Waals surface area contributed by atoms with Crippen molar-refractivity contribution in [1.29, 1.82) is 0 Å². The lowest BCUT2D eigenvalue weighted by molar-refractivity contribution is 0.0221. The lowest BCUT2D eigenvalue weighted by Crippen LogP contribution is -2.26. The molecule has 0 bridgehead atoms. The minimum Gasteiger partial charge on any atom is -0.478 e. The van der Waals surface area contributed by atoms with E-state index in [2.05, 4.69) is 5.48 Å². The van der Waals surface area contributed by atoms with Crippen LogP contribution in [-0.4, -0.2) is 47.0 Å². The molecular formula is C12H9ClI3NO6. The molecule has 0 saturated heterocycles. The van der Waals surface area contributed by atoms with Crippen molar-refractivity contribution in [3.8, 4) is 0 Å². The molecule has 7 nitrogen and oxygen atoms in total. The molecule has 0 aliphatic carbocycles. The summed E-state index contributed by atoms with van der Waals surface area (Å²) in [5.74, 6) is -2.95. The van der Waals surface area contributed by atoms with E-state index in [9.17, 15) is 19.5 Å². The van der Waals surface area contributed by atoms with Gasteiger partial charge in [-0.15, -0.1) is 11.6 Å². The normalized spacial score (nSPS) is 10.5. The van der Waals surface area contributed by atoms with Crippen LogP contribution in [0.1, 0.15) is 31.1 Å². The molecule has 0 aliphatic heterocycles. The molecule has 0 amide bonds. The second kappa shape index (κ2) is 9.65. The largest absolute Gasteiger partial charge is 0.478 e. The summed E-state index contributed by atoms with van der Waals surface area (Å²) in [7, 11) is 0. The number of carboxylic acids is 1. The Labute approximate surface area is 176 Å². The Morgan fingerprint density at radius 3 is 2.04 bits per heavy atom. The van der Waals surface area contributed by atoms with Gasteiger partial charge in [0.2, 0.25) is 0 Å². The minimum atomic E-state index is -1.27. The molecule has 1 aromatic carbocycles. The van der Waals surface area contributed by atoms with Crippen LogP contribution in [0.4, 0.5) is 0 Å². The number of hydrogen-bond acceptors (Lipinski definition) is 6. The van der Waals surface area contributed by atoms with Crippen molar-refractivity contribution in [2.75, 3.05) is 19.0 Å². The number of ketones is 1. The van der Waals surface area contributed by atoms with Gasteiger partial charge >= 0.3 is 11.9 Å². The molecular weight excluding hydrogens is 670 g/mol. The smallest absolute Gasteiger partial charge is 0.359 e. The number of aliphatic hydroxyl groups is 1. The van der Waals surface area contributed by atoms with Gasteiger partial charge < -0.3 is 15.1 Å². The number of halogens is 4. The maximum Gasteiger partial charge on any atom is 0.359 e. The van der Waals surface area contributed by atoms with Gasteiger partial charge in [-0.25, -0.2) is 9.59 Å². The number of hydroxylamine groups is 1. The Kier molecular flexibility index (Phi) is 8.92. The monoisotopic (exact) mass is 679 g/mol. The number of nitrogens with one attached hydrogen (secondary N) is 1. The minimum absolute atomic E-state index is 0.0164. The van der Waals surface area contributed by atoms with E-state index in [1.807, 2.05) is 0 Å². The Bertz CT molecular complexity index is 667. The zero-order valence-electron chi connectivity index (χ0n) is 11.2. The number of hydrogen-bond donors (Lipinski definition) is 3. The van der Waals surface area contributed by atoms with Crippen molar-refractivity contribution in [1.82, 2.24) is 5.48 Å². The van der Waals surface area contributed by atoms with Gasteiger partial charge in [-0.3, -0.25) is 4.79 Å². The Balaban J connectivity index is 3.56. The van der Waals surface area contributed by atoms with Gasteiger partial charge in [0.05, 0.1) is 30.2 Å². The molecule has 11 heteroatoms.